The highest BCUT2D eigenvalue weighted by molar-refractivity contribution is 5.32. The Balaban J connectivity index is 2.34. The van der Waals surface area contributed by atoms with E-state index in [2.05, 4.69) is 57.0 Å². The van der Waals surface area contributed by atoms with Crippen LogP contribution in [0.5, 0.6) is 0 Å². The second kappa shape index (κ2) is 5.23. The molecule has 1 aliphatic heterocycles. The molecule has 106 valence electrons. The van der Waals surface area contributed by atoms with Gasteiger partial charge in [0.05, 0.1) is 18.8 Å². The maximum atomic E-state index is 6.06. The van der Waals surface area contributed by atoms with Crippen molar-refractivity contribution in [2.75, 3.05) is 33.4 Å². The van der Waals surface area contributed by atoms with Gasteiger partial charge in [-0.25, -0.2) is 0 Å². The molecule has 19 heavy (non-hydrogen) atoms. The Kier molecular flexibility index (Phi) is 4.00. The molecule has 2 rings (SSSR count). The zero-order valence-electron chi connectivity index (χ0n) is 12.6. The third kappa shape index (κ3) is 2.69. The molecule has 1 aromatic carbocycles. The Bertz CT molecular complexity index is 421. The van der Waals surface area contributed by atoms with Crippen LogP contribution in [0.1, 0.15) is 31.9 Å². The number of likely N-dealkylation sites (N-methyl/N-ethyl adjacent to an activating group) is 1. The van der Waals surface area contributed by atoms with Crippen LogP contribution in [0.2, 0.25) is 0 Å². The van der Waals surface area contributed by atoms with Crippen LogP contribution in [0.15, 0.2) is 24.3 Å². The fourth-order valence-electron chi connectivity index (χ4n) is 2.68. The van der Waals surface area contributed by atoms with Crippen molar-refractivity contribution in [3.05, 3.63) is 35.4 Å². The Hall–Kier alpha value is -0.900. The summed E-state index contributed by atoms with van der Waals surface area (Å²) in [5.74, 6) is 0. The van der Waals surface area contributed by atoms with E-state index in [1.807, 2.05) is 0 Å². The van der Waals surface area contributed by atoms with E-state index in [-0.39, 0.29) is 11.0 Å². The van der Waals surface area contributed by atoms with Gasteiger partial charge in [0.2, 0.25) is 0 Å². The lowest BCUT2D eigenvalue weighted by molar-refractivity contribution is -0.0549. The van der Waals surface area contributed by atoms with E-state index in [9.17, 15) is 0 Å². The zero-order chi connectivity index (χ0) is 14.1. The average molecular weight is 262 g/mol. The number of nitrogens with two attached hydrogens (primary N) is 1. The van der Waals surface area contributed by atoms with Crippen molar-refractivity contribution in [1.82, 2.24) is 4.90 Å². The van der Waals surface area contributed by atoms with Gasteiger partial charge in [0.1, 0.15) is 0 Å². The smallest absolute Gasteiger partial charge is 0.0819 e. The monoisotopic (exact) mass is 262 g/mol. The number of nitrogens with zero attached hydrogens (tertiary/aromatic N) is 1. The van der Waals surface area contributed by atoms with Gasteiger partial charge in [-0.15, -0.1) is 0 Å². The van der Waals surface area contributed by atoms with Crippen molar-refractivity contribution < 1.29 is 4.74 Å². The lowest BCUT2D eigenvalue weighted by atomic mass is 9.83. The van der Waals surface area contributed by atoms with Gasteiger partial charge in [0.25, 0.3) is 0 Å². The molecule has 2 N–H and O–H groups in total. The van der Waals surface area contributed by atoms with Crippen LogP contribution in [-0.4, -0.2) is 38.3 Å². The van der Waals surface area contributed by atoms with Crippen LogP contribution in [0.3, 0.4) is 0 Å². The molecule has 1 unspecified atom stereocenters. The molecule has 3 nitrogen and oxygen atoms in total. The molecule has 0 radical (unpaired) electrons. The van der Waals surface area contributed by atoms with E-state index < -0.39 is 0 Å². The van der Waals surface area contributed by atoms with Gasteiger partial charge < -0.3 is 10.5 Å². The van der Waals surface area contributed by atoms with Gasteiger partial charge in [-0.05, 0) is 23.6 Å². The van der Waals surface area contributed by atoms with E-state index in [1.165, 1.54) is 11.1 Å². The number of morpholine rings is 1. The van der Waals surface area contributed by atoms with Crippen molar-refractivity contribution in [1.29, 1.82) is 0 Å². The predicted octanol–water partition coefficient (Wildman–Crippen LogP) is 2.10. The predicted molar refractivity (Wildman–Crippen MR) is 79.3 cm³/mol. The number of hydrogen-bond donors (Lipinski definition) is 1. The maximum absolute atomic E-state index is 6.06. The first-order valence-corrected chi connectivity index (χ1v) is 7.00. The molecule has 0 saturated carbocycles. The Morgan fingerprint density at radius 3 is 2.37 bits per heavy atom. The molecular weight excluding hydrogens is 236 g/mol. The summed E-state index contributed by atoms with van der Waals surface area (Å²) in [5.41, 5.74) is 8.68. The summed E-state index contributed by atoms with van der Waals surface area (Å²) in [7, 11) is 2.13. The summed E-state index contributed by atoms with van der Waals surface area (Å²) in [4.78, 5) is 2.32. The standard InChI is InChI=1S/C16H26N2O/c1-15(2,3)13-5-7-14(8-6-13)16(11-17)12-19-10-9-18(16)4/h5-8H,9-12,17H2,1-4H3. The first-order chi connectivity index (χ1) is 8.90. The van der Waals surface area contributed by atoms with Gasteiger partial charge in [0.15, 0.2) is 0 Å². The molecule has 1 heterocycles. The number of ether oxygens (including phenoxy) is 1. The van der Waals surface area contributed by atoms with Crippen molar-refractivity contribution in [2.24, 2.45) is 5.73 Å². The van der Waals surface area contributed by atoms with E-state index in [0.29, 0.717) is 13.2 Å². The molecule has 1 atom stereocenters. The third-order valence-electron chi connectivity index (χ3n) is 4.27. The summed E-state index contributed by atoms with van der Waals surface area (Å²) < 4.78 is 5.68. The molecule has 1 aliphatic rings. The SMILES string of the molecule is CN1CCOCC1(CN)c1ccc(C(C)(C)C)cc1. The highest BCUT2D eigenvalue weighted by Crippen LogP contribution is 2.31. The second-order valence-corrected chi connectivity index (χ2v) is 6.54. The molecule has 0 amide bonds. The minimum atomic E-state index is -0.172. The van der Waals surface area contributed by atoms with Gasteiger partial charge >= 0.3 is 0 Å². The summed E-state index contributed by atoms with van der Waals surface area (Å²) in [5, 5.41) is 0. The normalized spacial score (nSPS) is 25.5. The minimum absolute atomic E-state index is 0.172. The van der Waals surface area contributed by atoms with Crippen LogP contribution < -0.4 is 5.73 Å². The quantitative estimate of drug-likeness (QED) is 0.887. The van der Waals surface area contributed by atoms with E-state index in [0.717, 1.165) is 13.2 Å². The van der Waals surface area contributed by atoms with Crippen molar-refractivity contribution >= 4 is 0 Å². The highest BCUT2D eigenvalue weighted by Gasteiger charge is 2.38. The Labute approximate surface area is 116 Å². The first kappa shape index (κ1) is 14.5. The molecule has 0 aromatic heterocycles. The summed E-state index contributed by atoms with van der Waals surface area (Å²) in [6.07, 6.45) is 0. The number of rotatable bonds is 2. The molecule has 1 saturated heterocycles. The van der Waals surface area contributed by atoms with Crippen LogP contribution >= 0.6 is 0 Å². The minimum Gasteiger partial charge on any atom is -0.378 e. The topological polar surface area (TPSA) is 38.5 Å². The number of benzene rings is 1. The zero-order valence-corrected chi connectivity index (χ0v) is 12.6. The molecule has 0 bridgehead atoms. The van der Waals surface area contributed by atoms with Gasteiger partial charge in [-0.2, -0.15) is 0 Å². The van der Waals surface area contributed by atoms with Crippen LogP contribution in [-0.2, 0) is 15.7 Å². The Morgan fingerprint density at radius 1 is 1.26 bits per heavy atom. The largest absolute Gasteiger partial charge is 0.378 e. The fraction of sp³-hybridized carbons (Fsp3) is 0.625. The number of hydrogen-bond acceptors (Lipinski definition) is 3. The Morgan fingerprint density at radius 2 is 1.89 bits per heavy atom. The van der Waals surface area contributed by atoms with Gasteiger partial charge in [-0.3, -0.25) is 4.90 Å². The molecule has 0 aliphatic carbocycles. The highest BCUT2D eigenvalue weighted by atomic mass is 16.5. The maximum Gasteiger partial charge on any atom is 0.0819 e. The molecule has 0 spiro atoms. The van der Waals surface area contributed by atoms with Crippen molar-refractivity contribution in [3.8, 4) is 0 Å². The summed E-state index contributed by atoms with van der Waals surface area (Å²) >= 11 is 0. The summed E-state index contributed by atoms with van der Waals surface area (Å²) in [6, 6.07) is 8.85. The lowest BCUT2D eigenvalue weighted by Crippen LogP contribution is -2.56. The van der Waals surface area contributed by atoms with Crippen LogP contribution in [0.4, 0.5) is 0 Å². The molecule has 3 heteroatoms. The van der Waals surface area contributed by atoms with Crippen LogP contribution in [0, 0.1) is 0 Å². The van der Waals surface area contributed by atoms with E-state index in [1.54, 1.807) is 0 Å². The lowest BCUT2D eigenvalue weighted by Gasteiger charge is -2.44. The van der Waals surface area contributed by atoms with Crippen molar-refractivity contribution in [2.45, 2.75) is 31.7 Å². The fourth-order valence-corrected chi connectivity index (χ4v) is 2.68. The third-order valence-corrected chi connectivity index (χ3v) is 4.27. The van der Waals surface area contributed by atoms with Crippen LogP contribution in [0.25, 0.3) is 0 Å². The molecule has 1 aromatic rings. The summed E-state index contributed by atoms with van der Waals surface area (Å²) in [6.45, 7) is 9.67. The van der Waals surface area contributed by atoms with E-state index in [4.69, 9.17) is 10.5 Å². The van der Waals surface area contributed by atoms with Crippen molar-refractivity contribution in [3.63, 3.8) is 0 Å². The molecule has 1 fully saturated rings. The molecular formula is C16H26N2O. The second-order valence-electron chi connectivity index (χ2n) is 6.54. The van der Waals surface area contributed by atoms with Gasteiger partial charge in [0, 0.05) is 13.1 Å². The first-order valence-electron chi connectivity index (χ1n) is 7.00. The van der Waals surface area contributed by atoms with E-state index >= 15 is 0 Å². The average Bonchev–Trinajstić information content (AvgIpc) is 2.39. The van der Waals surface area contributed by atoms with Gasteiger partial charge in [-0.1, -0.05) is 45.0 Å².